The molecule has 0 aromatic carbocycles. The molecule has 2 N–H and O–H groups in total. The van der Waals surface area contributed by atoms with Gasteiger partial charge in [-0.15, -0.1) is 0 Å². The zero-order valence-corrected chi connectivity index (χ0v) is 6.85. The summed E-state index contributed by atoms with van der Waals surface area (Å²) in [6.45, 7) is 3.77. The van der Waals surface area contributed by atoms with Crippen molar-refractivity contribution in [2.24, 2.45) is 11.7 Å². The van der Waals surface area contributed by atoms with Crippen LogP contribution >= 0.6 is 0 Å². The molecule has 3 aliphatic rings. The number of rotatable bonds is 0. The van der Waals surface area contributed by atoms with Gasteiger partial charge in [0.1, 0.15) is 0 Å². The van der Waals surface area contributed by atoms with E-state index in [9.17, 15) is 0 Å². The predicted molar refractivity (Wildman–Crippen MR) is 37.1 cm³/mol. The van der Waals surface area contributed by atoms with E-state index in [-0.39, 0.29) is 12.4 Å². The lowest BCUT2D eigenvalue weighted by molar-refractivity contribution is -0.00000202. The summed E-state index contributed by atoms with van der Waals surface area (Å²) in [5, 5.41) is 0. The first-order valence-corrected chi connectivity index (χ1v) is 3.84. The highest BCUT2D eigenvalue weighted by Gasteiger charge is 2.31. The zero-order valence-electron chi connectivity index (χ0n) is 6.09. The SMILES string of the molecule is NC1CN2CCC1CC2.[Cl-]. The summed E-state index contributed by atoms with van der Waals surface area (Å²) in [6.07, 6.45) is 2.70. The normalized spacial score (nSPS) is 44.7. The van der Waals surface area contributed by atoms with Gasteiger partial charge in [-0.3, -0.25) is 0 Å². The van der Waals surface area contributed by atoms with E-state index in [1.807, 2.05) is 0 Å². The van der Waals surface area contributed by atoms with Crippen LogP contribution in [0.1, 0.15) is 12.8 Å². The summed E-state index contributed by atoms with van der Waals surface area (Å²) >= 11 is 0. The Morgan fingerprint density at radius 3 is 2.00 bits per heavy atom. The molecule has 1 unspecified atom stereocenters. The Labute approximate surface area is 68.2 Å². The summed E-state index contributed by atoms with van der Waals surface area (Å²) in [4.78, 5) is 2.48. The first-order chi connectivity index (χ1) is 4.36. The first kappa shape index (κ1) is 8.31. The van der Waals surface area contributed by atoms with Crippen molar-refractivity contribution in [3.63, 3.8) is 0 Å². The minimum Gasteiger partial charge on any atom is -1.00 e. The molecule has 0 aromatic rings. The molecule has 0 saturated carbocycles. The monoisotopic (exact) mass is 161 g/mol. The topological polar surface area (TPSA) is 29.3 Å². The quantitative estimate of drug-likeness (QED) is 0.412. The number of hydrogen-bond acceptors (Lipinski definition) is 2. The Kier molecular flexibility index (Phi) is 2.55. The highest BCUT2D eigenvalue weighted by Crippen LogP contribution is 2.25. The van der Waals surface area contributed by atoms with Crippen LogP contribution in [0.4, 0.5) is 0 Å². The van der Waals surface area contributed by atoms with E-state index in [0.29, 0.717) is 6.04 Å². The lowest BCUT2D eigenvalue weighted by Gasteiger charge is -2.43. The van der Waals surface area contributed by atoms with E-state index in [1.54, 1.807) is 0 Å². The van der Waals surface area contributed by atoms with Crippen molar-refractivity contribution in [1.29, 1.82) is 0 Å². The first-order valence-electron chi connectivity index (χ1n) is 3.84. The standard InChI is InChI=1S/C7H14N2.ClH/c8-7-5-9-3-1-6(7)2-4-9;/h6-7H,1-5,8H2;1H/p-1. The zero-order chi connectivity index (χ0) is 6.27. The number of nitrogens with two attached hydrogens (primary N) is 1. The largest absolute Gasteiger partial charge is 1.00 e. The molecule has 3 saturated heterocycles. The second-order valence-corrected chi connectivity index (χ2v) is 3.30. The van der Waals surface area contributed by atoms with E-state index < -0.39 is 0 Å². The van der Waals surface area contributed by atoms with Gasteiger partial charge in [-0.25, -0.2) is 0 Å². The molecule has 3 aliphatic heterocycles. The Balaban J connectivity index is 0.000000500. The molecule has 0 spiro atoms. The molecule has 3 heterocycles. The summed E-state index contributed by atoms with van der Waals surface area (Å²) in [6, 6.07) is 0.493. The summed E-state index contributed by atoms with van der Waals surface area (Å²) in [5.41, 5.74) is 5.88. The number of nitrogens with zero attached hydrogens (tertiary/aromatic N) is 1. The molecule has 2 bridgehead atoms. The molecule has 3 heteroatoms. The summed E-state index contributed by atoms with van der Waals surface area (Å²) in [7, 11) is 0. The molecule has 10 heavy (non-hydrogen) atoms. The van der Waals surface area contributed by atoms with E-state index in [2.05, 4.69) is 4.90 Å². The van der Waals surface area contributed by atoms with Gasteiger partial charge in [-0.1, -0.05) is 0 Å². The lowest BCUT2D eigenvalue weighted by atomic mass is 9.85. The molecule has 60 valence electrons. The van der Waals surface area contributed by atoms with Gasteiger partial charge in [0, 0.05) is 12.6 Å². The fourth-order valence-electron chi connectivity index (χ4n) is 2.01. The molecule has 3 rings (SSSR count). The number of piperidine rings is 3. The number of hydrogen-bond donors (Lipinski definition) is 1. The molecule has 1 atom stereocenters. The van der Waals surface area contributed by atoms with Crippen molar-refractivity contribution in [3.8, 4) is 0 Å². The van der Waals surface area contributed by atoms with Crippen LogP contribution in [-0.2, 0) is 0 Å². The van der Waals surface area contributed by atoms with Crippen LogP contribution in [-0.4, -0.2) is 30.6 Å². The van der Waals surface area contributed by atoms with Gasteiger partial charge in [0.25, 0.3) is 0 Å². The van der Waals surface area contributed by atoms with Crippen LogP contribution < -0.4 is 18.1 Å². The van der Waals surface area contributed by atoms with E-state index in [0.717, 1.165) is 12.5 Å². The van der Waals surface area contributed by atoms with E-state index in [1.165, 1.54) is 25.9 Å². The van der Waals surface area contributed by atoms with Gasteiger partial charge in [0.15, 0.2) is 0 Å². The van der Waals surface area contributed by atoms with Crippen molar-refractivity contribution in [2.75, 3.05) is 19.6 Å². The average Bonchev–Trinajstić information content (AvgIpc) is 1.90. The molecular weight excluding hydrogens is 148 g/mol. The van der Waals surface area contributed by atoms with Crippen LogP contribution in [0.5, 0.6) is 0 Å². The average molecular weight is 162 g/mol. The predicted octanol–water partition coefficient (Wildman–Crippen LogP) is -2.96. The third-order valence-electron chi connectivity index (χ3n) is 2.71. The second kappa shape index (κ2) is 3.07. The maximum Gasteiger partial charge on any atom is 0.0197 e. The fourth-order valence-corrected chi connectivity index (χ4v) is 2.01. The third-order valence-corrected chi connectivity index (χ3v) is 2.71. The second-order valence-electron chi connectivity index (χ2n) is 3.30. The van der Waals surface area contributed by atoms with Crippen LogP contribution in [0.2, 0.25) is 0 Å². The fraction of sp³-hybridized carbons (Fsp3) is 1.00. The minimum absolute atomic E-state index is 0. The van der Waals surface area contributed by atoms with Crippen LogP contribution in [0.25, 0.3) is 0 Å². The Bertz CT molecular complexity index is 110. The van der Waals surface area contributed by atoms with Gasteiger partial charge in [0.2, 0.25) is 0 Å². The highest BCUT2D eigenvalue weighted by molar-refractivity contribution is 4.88. The summed E-state index contributed by atoms with van der Waals surface area (Å²) in [5.74, 6) is 0.856. The highest BCUT2D eigenvalue weighted by atomic mass is 35.5. The van der Waals surface area contributed by atoms with E-state index in [4.69, 9.17) is 5.73 Å². The smallest absolute Gasteiger partial charge is 0.0197 e. The molecule has 2 nitrogen and oxygen atoms in total. The Morgan fingerprint density at radius 2 is 1.80 bits per heavy atom. The van der Waals surface area contributed by atoms with Crippen molar-refractivity contribution >= 4 is 0 Å². The molecular formula is C7H14ClN2-. The molecule has 0 aromatic heterocycles. The van der Waals surface area contributed by atoms with Crippen molar-refractivity contribution in [2.45, 2.75) is 18.9 Å². The van der Waals surface area contributed by atoms with Crippen molar-refractivity contribution in [3.05, 3.63) is 0 Å². The Hall–Kier alpha value is 0.210. The molecule has 0 amide bonds. The Morgan fingerprint density at radius 1 is 1.20 bits per heavy atom. The molecule has 0 aliphatic carbocycles. The number of fused-ring (bicyclic) bond motifs is 3. The van der Waals surface area contributed by atoms with Crippen LogP contribution in [0, 0.1) is 5.92 Å². The van der Waals surface area contributed by atoms with Gasteiger partial charge < -0.3 is 23.0 Å². The van der Waals surface area contributed by atoms with Gasteiger partial charge in [-0.2, -0.15) is 0 Å². The maximum absolute atomic E-state index is 5.88. The molecule has 3 fully saturated rings. The maximum atomic E-state index is 5.88. The van der Waals surface area contributed by atoms with Crippen molar-refractivity contribution < 1.29 is 12.4 Å². The van der Waals surface area contributed by atoms with Crippen LogP contribution in [0.15, 0.2) is 0 Å². The van der Waals surface area contributed by atoms with Gasteiger partial charge in [-0.05, 0) is 31.8 Å². The van der Waals surface area contributed by atoms with Gasteiger partial charge >= 0.3 is 0 Å². The van der Waals surface area contributed by atoms with Crippen LogP contribution in [0.3, 0.4) is 0 Å². The van der Waals surface area contributed by atoms with E-state index >= 15 is 0 Å². The third kappa shape index (κ3) is 1.29. The minimum atomic E-state index is 0. The van der Waals surface area contributed by atoms with Crippen molar-refractivity contribution in [1.82, 2.24) is 4.90 Å². The molecule has 0 radical (unpaired) electrons. The van der Waals surface area contributed by atoms with Gasteiger partial charge in [0.05, 0.1) is 0 Å². The number of halogens is 1. The lowest BCUT2D eigenvalue weighted by Crippen LogP contribution is -3.00. The summed E-state index contributed by atoms with van der Waals surface area (Å²) < 4.78 is 0.